The topological polar surface area (TPSA) is 57.6 Å². The number of aliphatic hydroxyl groups is 1. The van der Waals surface area contributed by atoms with E-state index < -0.39 is 10.0 Å². The number of halogens is 2. The predicted molar refractivity (Wildman–Crippen MR) is 79.7 cm³/mol. The Morgan fingerprint density at radius 2 is 2.00 bits per heavy atom. The molecule has 20 heavy (non-hydrogen) atoms. The highest BCUT2D eigenvalue weighted by Gasteiger charge is 2.35. The summed E-state index contributed by atoms with van der Waals surface area (Å²) < 4.78 is 26.9. The molecule has 0 unspecified atom stereocenters. The first-order valence-corrected chi connectivity index (χ1v) is 8.75. The van der Waals surface area contributed by atoms with Gasteiger partial charge in [-0.3, -0.25) is 0 Å². The minimum Gasteiger partial charge on any atom is -0.396 e. The molecule has 0 radical (unpaired) electrons. The fraction of sp³-hybridized carbons (Fsp3) is 0.538. The summed E-state index contributed by atoms with van der Waals surface area (Å²) >= 11 is 11.9. The van der Waals surface area contributed by atoms with Crippen LogP contribution in [-0.2, 0) is 10.0 Å². The quantitative estimate of drug-likeness (QED) is 0.868. The summed E-state index contributed by atoms with van der Waals surface area (Å²) in [5.41, 5.74) is 0. The van der Waals surface area contributed by atoms with Gasteiger partial charge in [0.25, 0.3) is 0 Å². The molecule has 0 aliphatic heterocycles. The summed E-state index contributed by atoms with van der Waals surface area (Å²) in [6.45, 7) is 0.258. The lowest BCUT2D eigenvalue weighted by atomic mass is 9.93. The molecule has 1 aromatic rings. The molecule has 1 aliphatic carbocycles. The fourth-order valence-corrected chi connectivity index (χ4v) is 4.67. The number of hydrogen-bond acceptors (Lipinski definition) is 3. The van der Waals surface area contributed by atoms with Crippen LogP contribution in [0.15, 0.2) is 23.1 Å². The standard InChI is InChI=1S/C13H17Cl2NO3S/c14-11-6-2-7-12(13(11)15)20(18,19)16(8-3-9-17)10-4-1-5-10/h2,6-7,10,17H,1,3-5,8-9H2. The maximum absolute atomic E-state index is 12.7. The van der Waals surface area contributed by atoms with Gasteiger partial charge < -0.3 is 5.11 Å². The minimum absolute atomic E-state index is 0.00148. The summed E-state index contributed by atoms with van der Waals surface area (Å²) in [7, 11) is -3.68. The van der Waals surface area contributed by atoms with Crippen LogP contribution in [0, 0.1) is 0 Å². The molecule has 1 saturated carbocycles. The molecule has 0 aromatic heterocycles. The number of rotatable bonds is 6. The first-order chi connectivity index (χ1) is 9.48. The summed E-state index contributed by atoms with van der Waals surface area (Å²) in [4.78, 5) is 0.0384. The van der Waals surface area contributed by atoms with E-state index in [1.807, 2.05) is 0 Å². The van der Waals surface area contributed by atoms with Crippen LogP contribution in [-0.4, -0.2) is 37.0 Å². The van der Waals surface area contributed by atoms with Crippen molar-refractivity contribution >= 4 is 33.2 Å². The molecule has 7 heteroatoms. The molecule has 1 aromatic carbocycles. The Morgan fingerprint density at radius 3 is 2.55 bits per heavy atom. The SMILES string of the molecule is O=S(=O)(c1cccc(Cl)c1Cl)N(CCCO)C1CCC1. The van der Waals surface area contributed by atoms with Crippen LogP contribution in [0.4, 0.5) is 0 Å². The van der Waals surface area contributed by atoms with Gasteiger partial charge in [0.2, 0.25) is 10.0 Å². The van der Waals surface area contributed by atoms with Gasteiger partial charge in [-0.05, 0) is 31.4 Å². The van der Waals surface area contributed by atoms with Crippen molar-refractivity contribution in [2.45, 2.75) is 36.6 Å². The monoisotopic (exact) mass is 337 g/mol. The van der Waals surface area contributed by atoms with E-state index in [1.165, 1.54) is 10.4 Å². The molecule has 1 aliphatic rings. The van der Waals surface area contributed by atoms with Gasteiger partial charge >= 0.3 is 0 Å². The van der Waals surface area contributed by atoms with Gasteiger partial charge in [-0.1, -0.05) is 35.7 Å². The average Bonchev–Trinajstić information content (AvgIpc) is 2.35. The third-order valence-electron chi connectivity index (χ3n) is 3.52. The van der Waals surface area contributed by atoms with Gasteiger partial charge in [0.15, 0.2) is 0 Å². The summed E-state index contributed by atoms with van der Waals surface area (Å²) in [5.74, 6) is 0. The zero-order chi connectivity index (χ0) is 14.8. The molecule has 112 valence electrons. The van der Waals surface area contributed by atoms with Crippen LogP contribution in [0.2, 0.25) is 10.0 Å². The third kappa shape index (κ3) is 3.12. The number of benzene rings is 1. The first-order valence-electron chi connectivity index (χ1n) is 6.55. The van der Waals surface area contributed by atoms with Crippen molar-refractivity contribution in [1.29, 1.82) is 0 Å². The Labute approximate surface area is 129 Å². The lowest BCUT2D eigenvalue weighted by Crippen LogP contribution is -2.44. The van der Waals surface area contributed by atoms with Crippen molar-refractivity contribution in [1.82, 2.24) is 4.31 Å². The van der Waals surface area contributed by atoms with Crippen molar-refractivity contribution in [3.8, 4) is 0 Å². The summed E-state index contributed by atoms with van der Waals surface area (Å²) in [6, 6.07) is 4.60. The summed E-state index contributed by atoms with van der Waals surface area (Å²) in [5, 5.41) is 9.24. The van der Waals surface area contributed by atoms with Crippen LogP contribution in [0.3, 0.4) is 0 Å². The highest BCUT2D eigenvalue weighted by molar-refractivity contribution is 7.89. The maximum Gasteiger partial charge on any atom is 0.244 e. The average molecular weight is 338 g/mol. The molecule has 0 saturated heterocycles. The van der Waals surface area contributed by atoms with E-state index in [-0.39, 0.29) is 27.6 Å². The largest absolute Gasteiger partial charge is 0.396 e. The molecule has 0 amide bonds. The van der Waals surface area contributed by atoms with Crippen LogP contribution >= 0.6 is 23.2 Å². The van der Waals surface area contributed by atoms with E-state index in [0.29, 0.717) is 13.0 Å². The smallest absolute Gasteiger partial charge is 0.244 e. The van der Waals surface area contributed by atoms with Crippen LogP contribution in [0.1, 0.15) is 25.7 Å². The van der Waals surface area contributed by atoms with Crippen LogP contribution < -0.4 is 0 Å². The fourth-order valence-electron chi connectivity index (χ4n) is 2.21. The van der Waals surface area contributed by atoms with Gasteiger partial charge in [0.1, 0.15) is 4.90 Å². The molecule has 0 bridgehead atoms. The van der Waals surface area contributed by atoms with Gasteiger partial charge in [-0.2, -0.15) is 4.31 Å². The van der Waals surface area contributed by atoms with Crippen molar-refractivity contribution in [2.75, 3.05) is 13.2 Å². The van der Waals surface area contributed by atoms with Gasteiger partial charge in [0, 0.05) is 19.2 Å². The molecule has 0 spiro atoms. The van der Waals surface area contributed by atoms with Crippen LogP contribution in [0.5, 0.6) is 0 Å². The highest BCUT2D eigenvalue weighted by Crippen LogP contribution is 2.35. The minimum atomic E-state index is -3.68. The zero-order valence-electron chi connectivity index (χ0n) is 10.9. The van der Waals surface area contributed by atoms with Crippen LogP contribution in [0.25, 0.3) is 0 Å². The maximum atomic E-state index is 12.7. The first kappa shape index (κ1) is 16.0. The molecule has 1 N–H and O–H groups in total. The molecule has 2 rings (SSSR count). The second kappa shape index (κ2) is 6.62. The summed E-state index contributed by atoms with van der Waals surface area (Å²) in [6.07, 6.45) is 3.14. The van der Waals surface area contributed by atoms with E-state index in [2.05, 4.69) is 0 Å². The Bertz CT molecular complexity index is 573. The lowest BCUT2D eigenvalue weighted by molar-refractivity contribution is 0.198. The second-order valence-electron chi connectivity index (χ2n) is 4.83. The van der Waals surface area contributed by atoms with E-state index in [9.17, 15) is 8.42 Å². The second-order valence-corrected chi connectivity index (χ2v) is 7.47. The van der Waals surface area contributed by atoms with E-state index in [1.54, 1.807) is 12.1 Å². The molecular formula is C13H17Cl2NO3S. The van der Waals surface area contributed by atoms with Crippen molar-refractivity contribution in [2.24, 2.45) is 0 Å². The molecule has 0 heterocycles. The van der Waals surface area contributed by atoms with Crippen molar-refractivity contribution in [3.05, 3.63) is 28.2 Å². The Balaban J connectivity index is 2.36. The molecule has 4 nitrogen and oxygen atoms in total. The van der Waals surface area contributed by atoms with Crippen molar-refractivity contribution < 1.29 is 13.5 Å². The molecular weight excluding hydrogens is 321 g/mol. The molecule has 0 atom stereocenters. The van der Waals surface area contributed by atoms with Gasteiger partial charge in [-0.15, -0.1) is 0 Å². The van der Waals surface area contributed by atoms with Gasteiger partial charge in [-0.25, -0.2) is 8.42 Å². The predicted octanol–water partition coefficient (Wildman–Crippen LogP) is 2.92. The van der Waals surface area contributed by atoms with Gasteiger partial charge in [0.05, 0.1) is 10.0 Å². The number of hydrogen-bond donors (Lipinski definition) is 1. The zero-order valence-corrected chi connectivity index (χ0v) is 13.3. The normalized spacial score (nSPS) is 16.4. The van der Waals surface area contributed by atoms with E-state index in [4.69, 9.17) is 28.3 Å². The molecule has 1 fully saturated rings. The van der Waals surface area contributed by atoms with Crippen molar-refractivity contribution in [3.63, 3.8) is 0 Å². The van der Waals surface area contributed by atoms with E-state index in [0.717, 1.165) is 19.3 Å². The Morgan fingerprint density at radius 1 is 1.30 bits per heavy atom. The number of aliphatic hydroxyl groups excluding tert-OH is 1. The van der Waals surface area contributed by atoms with E-state index >= 15 is 0 Å². The Kier molecular flexibility index (Phi) is 5.31. The third-order valence-corrected chi connectivity index (χ3v) is 6.45. The highest BCUT2D eigenvalue weighted by atomic mass is 35.5. The Hall–Kier alpha value is -0.330. The lowest BCUT2D eigenvalue weighted by Gasteiger charge is -2.36. The number of nitrogens with zero attached hydrogens (tertiary/aromatic N) is 1. The number of sulfonamides is 1.